The molecule has 1 aliphatic rings. The van der Waals surface area contributed by atoms with Crippen molar-refractivity contribution in [3.8, 4) is 0 Å². The molecular weight excluding hydrogens is 192 g/mol. The molecule has 5 heteroatoms. The molecular formula is C10H16N4O. The largest absolute Gasteiger partial charge is 0.366 e. The van der Waals surface area contributed by atoms with E-state index < -0.39 is 5.91 Å². The number of nitrogens with two attached hydrogens (primary N) is 1. The van der Waals surface area contributed by atoms with Gasteiger partial charge < -0.3 is 11.1 Å². The van der Waals surface area contributed by atoms with Crippen molar-refractivity contribution in [2.75, 3.05) is 13.1 Å². The minimum absolute atomic E-state index is 0.396. The number of aromatic nitrogens is 2. The second kappa shape index (κ2) is 4.44. The zero-order chi connectivity index (χ0) is 10.7. The van der Waals surface area contributed by atoms with Gasteiger partial charge in [-0.3, -0.25) is 9.48 Å². The summed E-state index contributed by atoms with van der Waals surface area (Å²) in [7, 11) is 0. The van der Waals surface area contributed by atoms with Crippen LogP contribution in [0.25, 0.3) is 0 Å². The molecule has 1 aliphatic heterocycles. The predicted molar refractivity (Wildman–Crippen MR) is 56.5 cm³/mol. The van der Waals surface area contributed by atoms with Gasteiger partial charge in [0.25, 0.3) is 5.91 Å². The highest BCUT2D eigenvalue weighted by Gasteiger charge is 2.15. The quantitative estimate of drug-likeness (QED) is 0.734. The summed E-state index contributed by atoms with van der Waals surface area (Å²) in [6.45, 7) is 2.08. The molecule has 1 aromatic heterocycles. The number of carbonyl (C=O) groups excluding carboxylic acids is 1. The number of rotatable bonds is 2. The zero-order valence-electron chi connectivity index (χ0n) is 8.65. The lowest BCUT2D eigenvalue weighted by atomic mass is 10.1. The third-order valence-electron chi connectivity index (χ3n) is 2.81. The molecule has 0 aromatic carbocycles. The molecule has 82 valence electrons. The Morgan fingerprint density at radius 3 is 3.13 bits per heavy atom. The van der Waals surface area contributed by atoms with E-state index in [1.54, 1.807) is 12.4 Å². The summed E-state index contributed by atoms with van der Waals surface area (Å²) < 4.78 is 1.87. The summed E-state index contributed by atoms with van der Waals surface area (Å²) in [6, 6.07) is 0.396. The van der Waals surface area contributed by atoms with Crippen LogP contribution in [-0.2, 0) is 0 Å². The van der Waals surface area contributed by atoms with Gasteiger partial charge in [-0.2, -0.15) is 5.10 Å². The number of hydrogen-bond donors (Lipinski definition) is 2. The van der Waals surface area contributed by atoms with E-state index in [0.29, 0.717) is 11.6 Å². The van der Waals surface area contributed by atoms with Crippen LogP contribution in [0.2, 0.25) is 0 Å². The fourth-order valence-corrected chi connectivity index (χ4v) is 1.93. The Labute approximate surface area is 88.6 Å². The second-order valence-corrected chi connectivity index (χ2v) is 3.91. The summed E-state index contributed by atoms with van der Waals surface area (Å²) in [5.74, 6) is -0.409. The molecule has 1 aromatic rings. The molecule has 0 aliphatic carbocycles. The molecule has 0 spiro atoms. The number of amides is 1. The van der Waals surface area contributed by atoms with Gasteiger partial charge in [0.05, 0.1) is 17.8 Å². The molecule has 1 fully saturated rings. The van der Waals surface area contributed by atoms with Crippen molar-refractivity contribution in [2.24, 2.45) is 5.73 Å². The van der Waals surface area contributed by atoms with Crippen molar-refractivity contribution < 1.29 is 4.79 Å². The Morgan fingerprint density at radius 2 is 2.40 bits per heavy atom. The van der Waals surface area contributed by atoms with Gasteiger partial charge in [0.1, 0.15) is 0 Å². The van der Waals surface area contributed by atoms with Crippen LogP contribution in [0.5, 0.6) is 0 Å². The third kappa shape index (κ3) is 2.36. The molecule has 0 unspecified atom stereocenters. The standard InChI is InChI=1S/C10H16N4O/c11-10(15)8-6-13-14(7-8)9-2-1-4-12-5-3-9/h6-7,9,12H,1-5H2,(H2,11,15)/t9-/m1/s1. The van der Waals surface area contributed by atoms with Crippen molar-refractivity contribution in [3.05, 3.63) is 18.0 Å². The Balaban J connectivity index is 2.10. The molecule has 5 nitrogen and oxygen atoms in total. The Hall–Kier alpha value is -1.36. The molecule has 0 saturated carbocycles. The zero-order valence-corrected chi connectivity index (χ0v) is 8.65. The van der Waals surface area contributed by atoms with Crippen molar-refractivity contribution in [1.29, 1.82) is 0 Å². The van der Waals surface area contributed by atoms with Crippen molar-refractivity contribution in [1.82, 2.24) is 15.1 Å². The Morgan fingerprint density at radius 1 is 1.53 bits per heavy atom. The van der Waals surface area contributed by atoms with E-state index in [-0.39, 0.29) is 0 Å². The summed E-state index contributed by atoms with van der Waals surface area (Å²) in [4.78, 5) is 10.9. The van der Waals surface area contributed by atoms with E-state index in [0.717, 1.165) is 32.4 Å². The summed E-state index contributed by atoms with van der Waals surface area (Å²) in [5, 5.41) is 7.53. The fourth-order valence-electron chi connectivity index (χ4n) is 1.93. The first-order valence-electron chi connectivity index (χ1n) is 5.32. The molecule has 1 amide bonds. The molecule has 0 bridgehead atoms. The number of hydrogen-bond acceptors (Lipinski definition) is 3. The van der Waals surface area contributed by atoms with E-state index in [1.807, 2.05) is 4.68 Å². The van der Waals surface area contributed by atoms with Crippen LogP contribution < -0.4 is 11.1 Å². The van der Waals surface area contributed by atoms with Gasteiger partial charge in [-0.25, -0.2) is 0 Å². The molecule has 0 radical (unpaired) electrons. The maximum Gasteiger partial charge on any atom is 0.251 e. The number of primary amides is 1. The summed E-state index contributed by atoms with van der Waals surface area (Å²) >= 11 is 0. The highest BCUT2D eigenvalue weighted by molar-refractivity contribution is 5.92. The van der Waals surface area contributed by atoms with Crippen molar-refractivity contribution in [3.63, 3.8) is 0 Å². The summed E-state index contributed by atoms with van der Waals surface area (Å²) in [6.07, 6.45) is 6.60. The molecule has 1 saturated heterocycles. The van der Waals surface area contributed by atoms with Crippen molar-refractivity contribution >= 4 is 5.91 Å². The minimum atomic E-state index is -0.409. The maximum absolute atomic E-state index is 10.9. The van der Waals surface area contributed by atoms with Gasteiger partial charge in [0.15, 0.2) is 0 Å². The lowest BCUT2D eigenvalue weighted by Crippen LogP contribution is -2.15. The highest BCUT2D eigenvalue weighted by atomic mass is 16.1. The van der Waals surface area contributed by atoms with E-state index in [9.17, 15) is 4.79 Å². The topological polar surface area (TPSA) is 72.9 Å². The van der Waals surface area contributed by atoms with E-state index in [4.69, 9.17) is 5.73 Å². The average molecular weight is 208 g/mol. The highest BCUT2D eigenvalue weighted by Crippen LogP contribution is 2.19. The number of carbonyl (C=O) groups is 1. The molecule has 2 rings (SSSR count). The molecule has 3 N–H and O–H groups in total. The van der Waals surface area contributed by atoms with Crippen LogP contribution in [0, 0.1) is 0 Å². The minimum Gasteiger partial charge on any atom is -0.366 e. The van der Waals surface area contributed by atoms with Crippen LogP contribution in [0.3, 0.4) is 0 Å². The van der Waals surface area contributed by atoms with E-state index in [1.165, 1.54) is 0 Å². The maximum atomic E-state index is 10.9. The first-order chi connectivity index (χ1) is 7.27. The lowest BCUT2D eigenvalue weighted by molar-refractivity contribution is 0.1000. The van der Waals surface area contributed by atoms with Crippen LogP contribution in [-0.4, -0.2) is 28.8 Å². The lowest BCUT2D eigenvalue weighted by Gasteiger charge is -2.13. The van der Waals surface area contributed by atoms with Gasteiger partial charge in [-0.05, 0) is 32.4 Å². The first-order valence-corrected chi connectivity index (χ1v) is 5.32. The van der Waals surface area contributed by atoms with Gasteiger partial charge in [-0.15, -0.1) is 0 Å². The second-order valence-electron chi connectivity index (χ2n) is 3.91. The molecule has 15 heavy (non-hydrogen) atoms. The van der Waals surface area contributed by atoms with Gasteiger partial charge in [-0.1, -0.05) is 0 Å². The third-order valence-corrected chi connectivity index (χ3v) is 2.81. The smallest absolute Gasteiger partial charge is 0.251 e. The van der Waals surface area contributed by atoms with Gasteiger partial charge >= 0.3 is 0 Å². The number of nitrogens with one attached hydrogen (secondary N) is 1. The predicted octanol–water partition coefficient (Wildman–Crippen LogP) is 0.297. The van der Waals surface area contributed by atoms with Crippen LogP contribution in [0.1, 0.15) is 35.7 Å². The SMILES string of the molecule is NC(=O)c1cnn([C@@H]2CCCNCC2)c1. The molecule has 2 heterocycles. The fraction of sp³-hybridized carbons (Fsp3) is 0.600. The van der Waals surface area contributed by atoms with Crippen LogP contribution >= 0.6 is 0 Å². The van der Waals surface area contributed by atoms with Gasteiger partial charge in [0.2, 0.25) is 0 Å². The Bertz CT molecular complexity index is 339. The van der Waals surface area contributed by atoms with Crippen molar-refractivity contribution in [2.45, 2.75) is 25.3 Å². The van der Waals surface area contributed by atoms with Crippen LogP contribution in [0.4, 0.5) is 0 Å². The van der Waals surface area contributed by atoms with E-state index in [2.05, 4.69) is 10.4 Å². The molecule has 1 atom stereocenters. The Kier molecular flexibility index (Phi) is 3.01. The van der Waals surface area contributed by atoms with Gasteiger partial charge in [0, 0.05) is 6.20 Å². The normalized spacial score (nSPS) is 22.3. The van der Waals surface area contributed by atoms with Crippen LogP contribution in [0.15, 0.2) is 12.4 Å². The first kappa shape index (κ1) is 10.2. The van der Waals surface area contributed by atoms with E-state index >= 15 is 0 Å². The summed E-state index contributed by atoms with van der Waals surface area (Å²) in [5.41, 5.74) is 5.68. The number of nitrogens with zero attached hydrogens (tertiary/aromatic N) is 2. The average Bonchev–Trinajstić information content (AvgIpc) is 2.55. The monoisotopic (exact) mass is 208 g/mol.